The number of halogens is 1. The molecule has 1 aromatic rings. The van der Waals surface area contributed by atoms with Gasteiger partial charge in [0, 0.05) is 0 Å². The molecule has 0 amide bonds. The van der Waals surface area contributed by atoms with E-state index in [4.69, 9.17) is 10.1 Å². The van der Waals surface area contributed by atoms with Crippen molar-refractivity contribution in [1.82, 2.24) is 0 Å². The summed E-state index contributed by atoms with van der Waals surface area (Å²) >= 11 is 0. The summed E-state index contributed by atoms with van der Waals surface area (Å²) in [6.07, 6.45) is 0.930. The first kappa shape index (κ1) is 13.1. The van der Waals surface area contributed by atoms with Crippen LogP contribution in [-0.2, 0) is 0 Å². The van der Waals surface area contributed by atoms with Crippen LogP contribution in [0.2, 0.25) is 0 Å². The lowest BCUT2D eigenvalue weighted by atomic mass is 10.2. The van der Waals surface area contributed by atoms with Gasteiger partial charge in [0.25, 0.3) is 0 Å². The van der Waals surface area contributed by atoms with Crippen LogP contribution in [0.25, 0.3) is 0 Å². The number of benzene rings is 1. The van der Waals surface area contributed by atoms with E-state index in [0.29, 0.717) is 0 Å². The Bertz CT molecular complexity index is 361. The van der Waals surface area contributed by atoms with Crippen molar-refractivity contribution in [3.8, 4) is 5.75 Å². The number of allylic oxidation sites excluding steroid dienone is 1. The Balaban J connectivity index is 0.000000921. The maximum atomic E-state index is 13.1. The molecule has 0 radical (unpaired) electrons. The van der Waals surface area contributed by atoms with Gasteiger partial charge in [0.15, 0.2) is 11.6 Å². The van der Waals surface area contributed by atoms with E-state index in [9.17, 15) is 4.39 Å². The molecule has 0 saturated heterocycles. The second kappa shape index (κ2) is 6.54. The molecule has 0 spiro atoms. The maximum absolute atomic E-state index is 13.1. The Morgan fingerprint density at radius 1 is 1.47 bits per heavy atom. The molecular formula is C12H14FNO. The third kappa shape index (κ3) is 4.22. The molecule has 0 aliphatic carbocycles. The summed E-state index contributed by atoms with van der Waals surface area (Å²) in [5.41, 5.74) is 0.824. The number of aryl methyl sites for hydroxylation is 1. The van der Waals surface area contributed by atoms with E-state index in [1.165, 1.54) is 12.1 Å². The van der Waals surface area contributed by atoms with E-state index in [2.05, 4.69) is 19.7 Å². The lowest BCUT2D eigenvalue weighted by Crippen LogP contribution is -1.96. The standard InChI is InChI=1S/C10H10FNO.C2H4/c1-7-3-4-10(9(11)5-7)13-8(2)6-12;1-2/h3-6,12H,2H2,1H3;1-2H2. The summed E-state index contributed by atoms with van der Waals surface area (Å²) in [5.74, 6) is -0.232. The molecule has 0 aliphatic rings. The van der Waals surface area contributed by atoms with Crippen LogP contribution in [0.1, 0.15) is 5.56 Å². The number of nitrogens with one attached hydrogen (secondary N) is 1. The second-order valence-corrected chi connectivity index (χ2v) is 2.65. The number of rotatable bonds is 3. The molecule has 0 aromatic heterocycles. The summed E-state index contributed by atoms with van der Waals surface area (Å²) in [6, 6.07) is 4.61. The molecule has 3 heteroatoms. The second-order valence-electron chi connectivity index (χ2n) is 2.65. The molecule has 1 aromatic carbocycles. The molecule has 0 aliphatic heterocycles. The fourth-order valence-corrected chi connectivity index (χ4v) is 0.859. The Hall–Kier alpha value is -1.90. The topological polar surface area (TPSA) is 33.1 Å². The van der Waals surface area contributed by atoms with E-state index in [1.54, 1.807) is 13.0 Å². The third-order valence-corrected chi connectivity index (χ3v) is 1.49. The van der Waals surface area contributed by atoms with Crippen molar-refractivity contribution in [1.29, 1.82) is 5.41 Å². The molecular weight excluding hydrogens is 193 g/mol. The largest absolute Gasteiger partial charge is 0.453 e. The molecule has 1 N–H and O–H groups in total. The SMILES string of the molecule is C=C.C=C(C=N)Oc1ccc(C)cc1F. The zero-order valence-electron chi connectivity index (χ0n) is 8.72. The van der Waals surface area contributed by atoms with Crippen LogP contribution in [0.4, 0.5) is 4.39 Å². The van der Waals surface area contributed by atoms with E-state index in [0.717, 1.165) is 11.8 Å². The van der Waals surface area contributed by atoms with Crippen molar-refractivity contribution in [3.63, 3.8) is 0 Å². The van der Waals surface area contributed by atoms with Crippen molar-refractivity contribution in [2.75, 3.05) is 0 Å². The normalized spacial score (nSPS) is 8.40. The van der Waals surface area contributed by atoms with Gasteiger partial charge in [-0.25, -0.2) is 4.39 Å². The van der Waals surface area contributed by atoms with E-state index < -0.39 is 5.82 Å². The van der Waals surface area contributed by atoms with E-state index >= 15 is 0 Å². The highest BCUT2D eigenvalue weighted by Crippen LogP contribution is 2.19. The van der Waals surface area contributed by atoms with Crippen LogP contribution >= 0.6 is 0 Å². The average Bonchev–Trinajstić information content (AvgIpc) is 2.25. The Morgan fingerprint density at radius 2 is 2.07 bits per heavy atom. The van der Waals surface area contributed by atoms with Gasteiger partial charge in [-0.05, 0) is 24.6 Å². The van der Waals surface area contributed by atoms with Crippen molar-refractivity contribution in [2.24, 2.45) is 0 Å². The molecule has 0 saturated carbocycles. The Kier molecular flexibility index (Phi) is 5.71. The van der Waals surface area contributed by atoms with Crippen LogP contribution in [0.15, 0.2) is 43.7 Å². The van der Waals surface area contributed by atoms with Gasteiger partial charge in [0.2, 0.25) is 0 Å². The van der Waals surface area contributed by atoms with E-state index in [1.807, 2.05) is 0 Å². The van der Waals surface area contributed by atoms with Gasteiger partial charge in [-0.2, -0.15) is 0 Å². The van der Waals surface area contributed by atoms with Gasteiger partial charge in [-0.1, -0.05) is 12.6 Å². The molecule has 15 heavy (non-hydrogen) atoms. The van der Waals surface area contributed by atoms with E-state index in [-0.39, 0.29) is 11.5 Å². The van der Waals surface area contributed by atoms with Crippen LogP contribution in [0, 0.1) is 18.2 Å². The third-order valence-electron chi connectivity index (χ3n) is 1.49. The summed E-state index contributed by atoms with van der Waals surface area (Å²) in [4.78, 5) is 0. The molecule has 0 bridgehead atoms. The monoisotopic (exact) mass is 207 g/mol. The fraction of sp³-hybridized carbons (Fsp3) is 0.0833. The highest BCUT2D eigenvalue weighted by atomic mass is 19.1. The molecule has 1 rings (SSSR count). The summed E-state index contributed by atoms with van der Waals surface area (Å²) in [5, 5.41) is 6.80. The lowest BCUT2D eigenvalue weighted by molar-refractivity contribution is 0.423. The number of hydrogen-bond acceptors (Lipinski definition) is 2. The highest BCUT2D eigenvalue weighted by molar-refractivity contribution is 5.72. The fourth-order valence-electron chi connectivity index (χ4n) is 0.859. The van der Waals surface area contributed by atoms with Crippen molar-refractivity contribution < 1.29 is 9.13 Å². The molecule has 0 unspecified atom stereocenters. The van der Waals surface area contributed by atoms with Gasteiger partial charge in [0.1, 0.15) is 5.76 Å². The minimum absolute atomic E-state index is 0.0964. The minimum atomic E-state index is -0.442. The predicted octanol–water partition coefficient (Wildman–Crippen LogP) is 3.48. The molecule has 0 fully saturated rings. The first-order chi connectivity index (χ1) is 7.13. The highest BCUT2D eigenvalue weighted by Gasteiger charge is 2.03. The van der Waals surface area contributed by atoms with Crippen molar-refractivity contribution >= 4 is 6.21 Å². The summed E-state index contributed by atoms with van der Waals surface area (Å²) in [6.45, 7) is 11.2. The smallest absolute Gasteiger partial charge is 0.165 e. The quantitative estimate of drug-likeness (QED) is 0.459. The lowest BCUT2D eigenvalue weighted by Gasteiger charge is -2.05. The van der Waals surface area contributed by atoms with Crippen LogP contribution in [0.3, 0.4) is 0 Å². The summed E-state index contributed by atoms with van der Waals surface area (Å²) in [7, 11) is 0. The molecule has 2 nitrogen and oxygen atoms in total. The van der Waals surface area contributed by atoms with Gasteiger partial charge in [-0.3, -0.25) is 0 Å². The zero-order chi connectivity index (χ0) is 11.8. The van der Waals surface area contributed by atoms with Crippen LogP contribution in [0.5, 0.6) is 5.75 Å². The number of ether oxygens (including phenoxy) is 1. The molecule has 0 atom stereocenters. The van der Waals surface area contributed by atoms with Gasteiger partial charge in [-0.15, -0.1) is 13.2 Å². The van der Waals surface area contributed by atoms with Crippen LogP contribution < -0.4 is 4.74 Å². The average molecular weight is 207 g/mol. The Morgan fingerprint density at radius 3 is 2.53 bits per heavy atom. The van der Waals surface area contributed by atoms with Gasteiger partial charge < -0.3 is 10.1 Å². The molecule has 0 heterocycles. The van der Waals surface area contributed by atoms with Gasteiger partial charge in [0.05, 0.1) is 6.21 Å². The van der Waals surface area contributed by atoms with Gasteiger partial charge >= 0.3 is 0 Å². The summed E-state index contributed by atoms with van der Waals surface area (Å²) < 4.78 is 18.0. The Labute approximate surface area is 89.2 Å². The molecule has 80 valence electrons. The first-order valence-corrected chi connectivity index (χ1v) is 4.27. The van der Waals surface area contributed by atoms with Crippen molar-refractivity contribution in [3.05, 3.63) is 55.1 Å². The minimum Gasteiger partial charge on any atom is -0.453 e. The predicted molar refractivity (Wildman–Crippen MR) is 60.9 cm³/mol. The number of hydrogen-bond donors (Lipinski definition) is 1. The zero-order valence-corrected chi connectivity index (χ0v) is 8.72. The van der Waals surface area contributed by atoms with Crippen LogP contribution in [-0.4, -0.2) is 6.21 Å². The maximum Gasteiger partial charge on any atom is 0.165 e. The van der Waals surface area contributed by atoms with Crippen molar-refractivity contribution in [2.45, 2.75) is 6.92 Å². The first-order valence-electron chi connectivity index (χ1n) is 4.27.